The minimum Gasteiger partial charge on any atom is -0.341 e. The van der Waals surface area contributed by atoms with E-state index in [-0.39, 0.29) is 12.4 Å². The number of halogens is 1. The fraction of sp³-hybridized carbons (Fsp3) is 0. The van der Waals surface area contributed by atoms with E-state index in [2.05, 4.69) is 24.9 Å². The Morgan fingerprint density at radius 2 is 2.07 bits per heavy atom. The first kappa shape index (κ1) is 8.76. The van der Waals surface area contributed by atoms with Gasteiger partial charge in [-0.15, -0.1) is 12.4 Å². The van der Waals surface area contributed by atoms with Crippen LogP contribution in [-0.4, -0.2) is 21.0 Å². The van der Waals surface area contributed by atoms with Crippen LogP contribution in [0, 0.1) is 0 Å². The number of rotatable bonds is 0. The molecule has 1 N–H and O–H groups in total. The average Bonchev–Trinajstić information content (AvgIpc) is 2.65. The van der Waals surface area contributed by atoms with Crippen LogP contribution >= 0.6 is 12.4 Å². The van der Waals surface area contributed by atoms with Crippen molar-refractivity contribution in [3.8, 4) is 0 Å². The van der Waals surface area contributed by atoms with Crippen LogP contribution in [0.3, 0.4) is 0 Å². The van der Waals surface area contributed by atoms with Crippen LogP contribution in [0.5, 0.6) is 0 Å². The van der Waals surface area contributed by atoms with E-state index < -0.39 is 6.03 Å². The maximum absolute atomic E-state index is 10.9. The molecule has 0 saturated carbocycles. The number of urea groups is 1. The lowest BCUT2D eigenvalue weighted by atomic mass is 10.4. The molecule has 0 aromatic carbocycles. The lowest BCUT2D eigenvalue weighted by molar-refractivity contribution is 0.256. The van der Waals surface area contributed by atoms with Crippen LogP contribution < -0.4 is 10.7 Å². The molecule has 0 spiro atoms. The van der Waals surface area contributed by atoms with E-state index in [1.807, 2.05) is 0 Å². The number of nitrogens with one attached hydrogen (secondary N) is 1. The molecule has 2 aromatic heterocycles. The number of pyridine rings is 1. The Morgan fingerprint density at radius 3 is 2.93 bits per heavy atom. The average molecular weight is 210 g/mol. The second kappa shape index (κ2) is 2.85. The predicted molar refractivity (Wildman–Crippen MR) is 48.8 cm³/mol. The number of hydrogen-bond acceptors (Lipinski definition) is 3. The summed E-state index contributed by atoms with van der Waals surface area (Å²) in [6.45, 7) is 0. The van der Waals surface area contributed by atoms with Crippen molar-refractivity contribution in [3.05, 3.63) is 23.2 Å². The third kappa shape index (κ3) is 1.01. The quantitative estimate of drug-likeness (QED) is 0.650. The Labute approximate surface area is 83.2 Å². The Morgan fingerprint density at radius 1 is 1.21 bits per heavy atom. The summed E-state index contributed by atoms with van der Waals surface area (Å²) in [7, 11) is 0. The molecule has 0 aliphatic carbocycles. The monoisotopic (exact) mass is 209 g/mol. The first-order chi connectivity index (χ1) is 6.34. The molecule has 0 atom stereocenters. The largest absolute Gasteiger partial charge is 0.368 e. The Hall–Kier alpha value is -1.82. The second-order valence-electron chi connectivity index (χ2n) is 2.60. The van der Waals surface area contributed by atoms with Gasteiger partial charge in [0.25, 0.3) is 0 Å². The summed E-state index contributed by atoms with van der Waals surface area (Å²) in [4.78, 5) is 29.1. The summed E-state index contributed by atoms with van der Waals surface area (Å²) in [5.74, 6) is 0. The van der Waals surface area contributed by atoms with Gasteiger partial charge in [0.15, 0.2) is 5.65 Å². The van der Waals surface area contributed by atoms with Gasteiger partial charge in [0.05, 0.1) is 12.5 Å². The summed E-state index contributed by atoms with van der Waals surface area (Å²) in [5, 5.41) is 1.04. The van der Waals surface area contributed by atoms with Crippen molar-refractivity contribution in [1.29, 1.82) is 0 Å². The predicted octanol–water partition coefficient (Wildman–Crippen LogP) is -0.247. The standard InChI is InChI=1S/C7H3N5O.ClH/c13-7-11-3-1-8-6-5(4(3)12-7)9-2-10-6;/h1-2H,(H,9,10);1H. The van der Waals surface area contributed by atoms with Gasteiger partial charge in [-0.25, -0.2) is 14.8 Å². The first-order valence-corrected chi connectivity index (χ1v) is 3.64. The summed E-state index contributed by atoms with van der Waals surface area (Å²) < 4.78 is 0. The molecule has 3 rings (SSSR count). The number of carbonyl (C=O) groups excluding carboxylic acids is 1. The third-order valence-corrected chi connectivity index (χ3v) is 1.83. The molecule has 0 bridgehead atoms. The van der Waals surface area contributed by atoms with Gasteiger partial charge in [-0.05, 0) is 0 Å². The minimum atomic E-state index is -0.487. The van der Waals surface area contributed by atoms with E-state index >= 15 is 0 Å². The van der Waals surface area contributed by atoms with Crippen LogP contribution in [-0.2, 0) is 0 Å². The van der Waals surface area contributed by atoms with Gasteiger partial charge in [-0.3, -0.25) is 0 Å². The topological polar surface area (TPSA) is 83.4 Å². The van der Waals surface area contributed by atoms with Crippen molar-refractivity contribution >= 4 is 29.6 Å². The molecule has 6 nitrogen and oxygen atoms in total. The molecule has 7 heteroatoms. The molecular formula is C7H4ClN5O. The van der Waals surface area contributed by atoms with Crippen LogP contribution in [0.15, 0.2) is 22.5 Å². The minimum absolute atomic E-state index is 0. The first-order valence-electron chi connectivity index (χ1n) is 3.64. The summed E-state index contributed by atoms with van der Waals surface area (Å²) >= 11 is 0. The van der Waals surface area contributed by atoms with E-state index in [0.29, 0.717) is 21.9 Å². The molecule has 1 aliphatic heterocycles. The SMILES string of the molecule is Cl.O=C1N=c2cnc3nc[nH]c3c2=N1. The van der Waals surface area contributed by atoms with E-state index in [1.165, 1.54) is 12.5 Å². The van der Waals surface area contributed by atoms with Crippen LogP contribution in [0.25, 0.3) is 11.2 Å². The van der Waals surface area contributed by atoms with Crippen molar-refractivity contribution in [2.45, 2.75) is 0 Å². The zero-order valence-corrected chi connectivity index (χ0v) is 7.58. The maximum atomic E-state index is 10.9. The molecular weight excluding hydrogens is 206 g/mol. The highest BCUT2D eigenvalue weighted by atomic mass is 35.5. The van der Waals surface area contributed by atoms with Gasteiger partial charge < -0.3 is 4.98 Å². The number of amides is 2. The second-order valence-corrected chi connectivity index (χ2v) is 2.60. The fourth-order valence-electron chi connectivity index (χ4n) is 1.29. The molecule has 3 heterocycles. The number of aromatic nitrogens is 3. The van der Waals surface area contributed by atoms with Crippen LogP contribution in [0.1, 0.15) is 0 Å². The number of carbonyl (C=O) groups is 1. The van der Waals surface area contributed by atoms with E-state index in [9.17, 15) is 4.79 Å². The molecule has 14 heavy (non-hydrogen) atoms. The molecule has 2 amide bonds. The fourth-order valence-corrected chi connectivity index (χ4v) is 1.29. The van der Waals surface area contributed by atoms with Gasteiger partial charge in [-0.2, -0.15) is 9.98 Å². The summed E-state index contributed by atoms with van der Waals surface area (Å²) in [5.41, 5.74) is 1.21. The van der Waals surface area contributed by atoms with Gasteiger partial charge in [0.2, 0.25) is 0 Å². The van der Waals surface area contributed by atoms with Gasteiger partial charge >= 0.3 is 6.03 Å². The van der Waals surface area contributed by atoms with Crippen molar-refractivity contribution < 1.29 is 4.79 Å². The highest BCUT2D eigenvalue weighted by Crippen LogP contribution is 1.97. The van der Waals surface area contributed by atoms with Gasteiger partial charge in [0.1, 0.15) is 16.2 Å². The molecule has 0 fully saturated rings. The smallest absolute Gasteiger partial charge is 0.341 e. The number of H-pyrrole nitrogens is 1. The zero-order valence-electron chi connectivity index (χ0n) is 6.76. The van der Waals surface area contributed by atoms with Crippen molar-refractivity contribution in [2.24, 2.45) is 9.98 Å². The van der Waals surface area contributed by atoms with Gasteiger partial charge in [0, 0.05) is 0 Å². The lowest BCUT2D eigenvalue weighted by Crippen LogP contribution is -2.23. The van der Waals surface area contributed by atoms with E-state index in [1.54, 1.807) is 0 Å². The highest BCUT2D eigenvalue weighted by Gasteiger charge is 2.09. The number of fused-ring (bicyclic) bond motifs is 3. The van der Waals surface area contributed by atoms with Crippen LogP contribution in [0.2, 0.25) is 0 Å². The molecule has 1 aliphatic rings. The van der Waals surface area contributed by atoms with Crippen LogP contribution in [0.4, 0.5) is 4.79 Å². The summed E-state index contributed by atoms with van der Waals surface area (Å²) in [6, 6.07) is -0.487. The number of hydrogen-bond donors (Lipinski definition) is 1. The molecule has 0 radical (unpaired) electrons. The maximum Gasteiger partial charge on any atom is 0.368 e. The molecule has 2 aromatic rings. The Bertz CT molecular complexity index is 631. The number of nitrogens with zero attached hydrogens (tertiary/aromatic N) is 4. The Balaban J connectivity index is 0.000000750. The van der Waals surface area contributed by atoms with Crippen molar-refractivity contribution in [1.82, 2.24) is 15.0 Å². The lowest BCUT2D eigenvalue weighted by Gasteiger charge is -1.83. The number of imidazole rings is 1. The van der Waals surface area contributed by atoms with E-state index in [4.69, 9.17) is 0 Å². The van der Waals surface area contributed by atoms with E-state index in [0.717, 1.165) is 0 Å². The number of aromatic amines is 1. The zero-order chi connectivity index (χ0) is 8.84. The highest BCUT2D eigenvalue weighted by molar-refractivity contribution is 5.85. The third-order valence-electron chi connectivity index (χ3n) is 1.83. The molecule has 0 saturated heterocycles. The normalized spacial score (nSPS) is 13.0. The molecule has 0 unspecified atom stereocenters. The summed E-state index contributed by atoms with van der Waals surface area (Å²) in [6.07, 6.45) is 3.00. The Kier molecular flexibility index (Phi) is 1.78. The van der Waals surface area contributed by atoms with Crippen molar-refractivity contribution in [2.75, 3.05) is 0 Å². The molecule has 70 valence electrons. The van der Waals surface area contributed by atoms with Crippen molar-refractivity contribution in [3.63, 3.8) is 0 Å². The van der Waals surface area contributed by atoms with Gasteiger partial charge in [-0.1, -0.05) is 0 Å².